The molecule has 2 atom stereocenters. The van der Waals surface area contributed by atoms with Crippen molar-refractivity contribution in [2.45, 2.75) is 44.8 Å². The molecule has 3 nitrogen and oxygen atoms in total. The summed E-state index contributed by atoms with van der Waals surface area (Å²) < 4.78 is 0. The van der Waals surface area contributed by atoms with Gasteiger partial charge in [0.25, 0.3) is 0 Å². The molecular weight excluding hydrogens is 298 g/mol. The predicted molar refractivity (Wildman–Crippen MR) is 100 cm³/mol. The lowest BCUT2D eigenvalue weighted by Crippen LogP contribution is -2.37. The van der Waals surface area contributed by atoms with Crippen molar-refractivity contribution < 1.29 is 10.2 Å². The zero-order chi connectivity index (χ0) is 17.5. The molecule has 1 aromatic carbocycles. The Labute approximate surface area is 145 Å². The monoisotopic (exact) mass is 327 g/mol. The number of hydrogen-bond donors (Lipinski definition) is 2. The summed E-state index contributed by atoms with van der Waals surface area (Å²) in [5, 5.41) is 20.3. The summed E-state index contributed by atoms with van der Waals surface area (Å²) in [4.78, 5) is 2.35. The Morgan fingerprint density at radius 1 is 1.38 bits per heavy atom. The van der Waals surface area contributed by atoms with E-state index < -0.39 is 6.10 Å². The molecule has 0 saturated heterocycles. The fourth-order valence-corrected chi connectivity index (χ4v) is 3.29. The number of allylic oxidation sites excluding steroid dienone is 4. The zero-order valence-corrected chi connectivity index (χ0v) is 14.6. The molecule has 3 heteroatoms. The molecule has 0 aliphatic carbocycles. The Morgan fingerprint density at radius 3 is 2.92 bits per heavy atom. The van der Waals surface area contributed by atoms with E-state index in [1.807, 2.05) is 18.2 Å². The van der Waals surface area contributed by atoms with E-state index >= 15 is 0 Å². The van der Waals surface area contributed by atoms with Crippen molar-refractivity contribution in [2.75, 3.05) is 13.1 Å². The van der Waals surface area contributed by atoms with Gasteiger partial charge in [-0.25, -0.2) is 0 Å². The number of aliphatic hydroxyl groups excluding tert-OH is 1. The van der Waals surface area contributed by atoms with Gasteiger partial charge in [0, 0.05) is 12.6 Å². The van der Waals surface area contributed by atoms with Crippen LogP contribution in [-0.2, 0) is 6.42 Å². The van der Waals surface area contributed by atoms with Gasteiger partial charge in [-0.2, -0.15) is 0 Å². The Hall–Kier alpha value is -1.84. The quantitative estimate of drug-likeness (QED) is 0.584. The molecule has 130 valence electrons. The second-order valence-electron chi connectivity index (χ2n) is 6.56. The van der Waals surface area contributed by atoms with Gasteiger partial charge >= 0.3 is 0 Å². The fraction of sp³-hybridized carbons (Fsp3) is 0.429. The Bertz CT molecular complexity index is 606. The van der Waals surface area contributed by atoms with Gasteiger partial charge in [-0.1, -0.05) is 43.0 Å². The molecule has 1 aliphatic heterocycles. The lowest BCUT2D eigenvalue weighted by Gasteiger charge is -2.30. The minimum atomic E-state index is -0.506. The van der Waals surface area contributed by atoms with E-state index in [0.717, 1.165) is 55.5 Å². The second kappa shape index (κ2) is 8.86. The number of phenolic OH excluding ortho intramolecular Hbond substituents is 1. The average Bonchev–Trinajstić information content (AvgIpc) is 2.68. The van der Waals surface area contributed by atoms with E-state index in [1.54, 1.807) is 18.2 Å². The van der Waals surface area contributed by atoms with Gasteiger partial charge < -0.3 is 10.2 Å². The third-order valence-corrected chi connectivity index (χ3v) is 4.81. The van der Waals surface area contributed by atoms with Crippen molar-refractivity contribution in [3.8, 4) is 5.75 Å². The first-order chi connectivity index (χ1) is 11.5. The summed E-state index contributed by atoms with van der Waals surface area (Å²) in [6.45, 7) is 11.7. The summed E-state index contributed by atoms with van der Waals surface area (Å²) in [7, 11) is 0. The van der Waals surface area contributed by atoms with Crippen molar-refractivity contribution in [1.29, 1.82) is 0 Å². The third-order valence-electron chi connectivity index (χ3n) is 4.81. The van der Waals surface area contributed by atoms with Gasteiger partial charge in [0.1, 0.15) is 5.75 Å². The molecule has 0 bridgehead atoms. The van der Waals surface area contributed by atoms with Crippen molar-refractivity contribution in [3.63, 3.8) is 0 Å². The van der Waals surface area contributed by atoms with Crippen LogP contribution in [0.4, 0.5) is 0 Å². The highest BCUT2D eigenvalue weighted by Gasteiger charge is 2.28. The number of benzene rings is 1. The molecule has 0 amide bonds. The Morgan fingerprint density at radius 2 is 2.17 bits per heavy atom. The van der Waals surface area contributed by atoms with Crippen molar-refractivity contribution in [3.05, 3.63) is 66.3 Å². The van der Waals surface area contributed by atoms with Crippen LogP contribution in [0.3, 0.4) is 0 Å². The summed E-state index contributed by atoms with van der Waals surface area (Å²) in [6, 6.07) is 5.38. The number of aliphatic hydroxyl groups is 1. The predicted octanol–water partition coefficient (Wildman–Crippen LogP) is 4.14. The van der Waals surface area contributed by atoms with Crippen molar-refractivity contribution in [2.24, 2.45) is 0 Å². The zero-order valence-electron chi connectivity index (χ0n) is 14.6. The highest BCUT2D eigenvalue weighted by atomic mass is 16.3. The first kappa shape index (κ1) is 18.5. The minimum absolute atomic E-state index is 0.0830. The molecule has 0 unspecified atom stereocenters. The average molecular weight is 327 g/mol. The van der Waals surface area contributed by atoms with Gasteiger partial charge in [-0.3, -0.25) is 4.90 Å². The molecule has 0 aromatic heterocycles. The van der Waals surface area contributed by atoms with Gasteiger partial charge in [0.15, 0.2) is 0 Å². The molecule has 0 spiro atoms. The standard InChI is InChI=1S/C21H29NO2/c1-4-5-8-16(2)9-6-7-13-22-14-12-18-15-19(23)10-11-20(18)21(24)17(22)3/h4-5,8,10-11,15,17,21,23-24H,1-2,6-7,9,12-14H2,3H3/b8-5-/t17-,21+/m1/s1. The van der Waals surface area contributed by atoms with E-state index in [-0.39, 0.29) is 11.8 Å². The van der Waals surface area contributed by atoms with Crippen LogP contribution < -0.4 is 0 Å². The van der Waals surface area contributed by atoms with E-state index in [4.69, 9.17) is 0 Å². The van der Waals surface area contributed by atoms with Crippen LogP contribution in [-0.4, -0.2) is 34.2 Å². The summed E-state index contributed by atoms with van der Waals surface area (Å²) in [5.41, 5.74) is 3.13. The number of fused-ring (bicyclic) bond motifs is 1. The summed E-state index contributed by atoms with van der Waals surface area (Å²) in [6.07, 6.45) is 9.21. The third kappa shape index (κ3) is 4.83. The number of aromatic hydroxyl groups is 1. The van der Waals surface area contributed by atoms with E-state index in [9.17, 15) is 10.2 Å². The molecule has 2 rings (SSSR count). The number of rotatable bonds is 7. The maximum absolute atomic E-state index is 10.7. The Balaban J connectivity index is 1.88. The normalized spacial score (nSPS) is 21.4. The maximum atomic E-state index is 10.7. The summed E-state index contributed by atoms with van der Waals surface area (Å²) in [5.74, 6) is 0.271. The minimum Gasteiger partial charge on any atom is -0.508 e. The van der Waals surface area contributed by atoms with Gasteiger partial charge in [-0.15, -0.1) is 0 Å². The highest BCUT2D eigenvalue weighted by Crippen LogP contribution is 2.30. The maximum Gasteiger partial charge on any atom is 0.115 e. The van der Waals surface area contributed by atoms with Gasteiger partial charge in [0.2, 0.25) is 0 Å². The lowest BCUT2D eigenvalue weighted by molar-refractivity contribution is 0.0635. The van der Waals surface area contributed by atoms with Crippen molar-refractivity contribution in [1.82, 2.24) is 4.90 Å². The SMILES string of the molecule is C=C/C=C\C(=C)CCCCN1CCc2cc(O)ccc2[C@@H](O)[C@H]1C. The topological polar surface area (TPSA) is 43.7 Å². The second-order valence-corrected chi connectivity index (χ2v) is 6.56. The molecule has 1 aliphatic rings. The van der Waals surface area contributed by atoms with Crippen LogP contribution in [0, 0.1) is 0 Å². The molecule has 1 aromatic rings. The lowest BCUT2D eigenvalue weighted by atomic mass is 9.98. The smallest absolute Gasteiger partial charge is 0.115 e. The molecular formula is C21H29NO2. The molecule has 0 fully saturated rings. The molecule has 24 heavy (non-hydrogen) atoms. The van der Waals surface area contributed by atoms with E-state index in [2.05, 4.69) is 25.0 Å². The first-order valence-corrected chi connectivity index (χ1v) is 8.73. The van der Waals surface area contributed by atoms with Gasteiger partial charge in [0.05, 0.1) is 6.10 Å². The fourth-order valence-electron chi connectivity index (χ4n) is 3.29. The van der Waals surface area contributed by atoms with Crippen LogP contribution in [0.25, 0.3) is 0 Å². The van der Waals surface area contributed by atoms with Crippen LogP contribution >= 0.6 is 0 Å². The summed E-state index contributed by atoms with van der Waals surface area (Å²) >= 11 is 0. The van der Waals surface area contributed by atoms with Crippen LogP contribution in [0.5, 0.6) is 5.75 Å². The number of phenols is 1. The first-order valence-electron chi connectivity index (χ1n) is 8.73. The van der Waals surface area contributed by atoms with Crippen LogP contribution in [0.1, 0.15) is 43.4 Å². The molecule has 1 heterocycles. The number of unbranched alkanes of at least 4 members (excludes halogenated alkanes) is 1. The highest BCUT2D eigenvalue weighted by molar-refractivity contribution is 5.37. The molecule has 0 radical (unpaired) electrons. The number of hydrogen-bond acceptors (Lipinski definition) is 3. The van der Waals surface area contributed by atoms with Crippen LogP contribution in [0.2, 0.25) is 0 Å². The number of nitrogens with zero attached hydrogens (tertiary/aromatic N) is 1. The van der Waals surface area contributed by atoms with Crippen molar-refractivity contribution >= 4 is 0 Å². The van der Waals surface area contributed by atoms with Gasteiger partial charge in [-0.05, 0) is 62.4 Å². The van der Waals surface area contributed by atoms with E-state index in [1.165, 1.54) is 0 Å². The van der Waals surface area contributed by atoms with E-state index in [0.29, 0.717) is 0 Å². The molecule has 0 saturated carbocycles. The Kier molecular flexibility index (Phi) is 6.83. The molecule has 2 N–H and O–H groups in total. The largest absolute Gasteiger partial charge is 0.508 e. The van der Waals surface area contributed by atoms with Crippen LogP contribution in [0.15, 0.2) is 55.2 Å².